The number of anilines is 2. The van der Waals surface area contributed by atoms with Crippen LogP contribution >= 0.6 is 0 Å². The van der Waals surface area contributed by atoms with Crippen LogP contribution in [0.5, 0.6) is 0 Å². The molecule has 73 heavy (non-hydrogen) atoms. The Morgan fingerprint density at radius 1 is 0.411 bits per heavy atom. The van der Waals surface area contributed by atoms with Crippen molar-refractivity contribution in [2.75, 3.05) is 4.81 Å². The average Bonchev–Trinajstić information content (AvgIpc) is 4.09. The molecule has 4 nitrogen and oxygen atoms in total. The van der Waals surface area contributed by atoms with Crippen LogP contribution in [0.3, 0.4) is 0 Å². The van der Waals surface area contributed by atoms with Crippen molar-refractivity contribution in [3.63, 3.8) is 0 Å². The predicted octanol–water partition coefficient (Wildman–Crippen LogP) is 17.3. The minimum Gasteiger partial charge on any atom is -0.455 e. The first kappa shape index (κ1) is 42.1. The Morgan fingerprint density at radius 2 is 0.973 bits per heavy atom. The van der Waals surface area contributed by atoms with Crippen LogP contribution in [0.2, 0.25) is 0 Å². The Bertz CT molecular complexity index is 4460. The third kappa shape index (κ3) is 5.43. The van der Waals surface area contributed by atoms with Gasteiger partial charge in [-0.05, 0) is 157 Å². The minimum atomic E-state index is -0.199. The minimum absolute atomic E-state index is 0.0447. The predicted molar refractivity (Wildman–Crippen MR) is 308 cm³/mol. The molecule has 2 aliphatic carbocycles. The quantitative estimate of drug-likeness (QED) is 0.162. The standard InChI is InChI=1S/C68H57BN2O2/c1-65(2)28-30-67(5,6)51-36-57-46(34-49(51)65)44-21-15-23-55(63(44)72-57)71-54-27-26-45-47-35-50-52(68(7,8)31-29-66(50,3)4)37-58(47)73-64(45)59(54)48-32-40(38-16-10-9-11-17-38)33-56-60(48)69(71)53-22-14-20-42-43-25-24-39-18-12-13-19-41(39)61(43)70(56)62(42)53/h9-27,32-37H,28-31H2,1-8H3. The lowest BCUT2D eigenvalue weighted by Crippen LogP contribution is -2.60. The van der Waals surface area contributed by atoms with Crippen LogP contribution < -0.4 is 15.7 Å². The molecule has 354 valence electrons. The van der Waals surface area contributed by atoms with Gasteiger partial charge in [0.25, 0.3) is 0 Å². The van der Waals surface area contributed by atoms with Crippen molar-refractivity contribution in [3.05, 3.63) is 174 Å². The van der Waals surface area contributed by atoms with E-state index in [2.05, 4.69) is 216 Å². The highest BCUT2D eigenvalue weighted by atomic mass is 16.3. The van der Waals surface area contributed by atoms with Gasteiger partial charge in [0.05, 0.1) is 16.7 Å². The SMILES string of the molecule is CC1(C)CCC(C)(C)c2cc3c(cc21)oc1c(N2B4c5c(cc(-c6ccccc6)cc5-n5c6c4cccc6c4ccc6ccccc6c45)-c4c2ccc2c4oc4cc5c(cc42)C(C)(C)CCC5(C)C)cccc13. The first-order valence-corrected chi connectivity index (χ1v) is 26.7. The summed E-state index contributed by atoms with van der Waals surface area (Å²) in [5, 5.41) is 9.70. The molecular weight excluding hydrogens is 888 g/mol. The zero-order valence-corrected chi connectivity index (χ0v) is 43.1. The molecular formula is C68H57BN2O2. The summed E-state index contributed by atoms with van der Waals surface area (Å²) in [7, 11) is 0. The van der Waals surface area contributed by atoms with Gasteiger partial charge >= 0.3 is 6.85 Å². The van der Waals surface area contributed by atoms with Gasteiger partial charge < -0.3 is 18.2 Å². The summed E-state index contributed by atoms with van der Waals surface area (Å²) in [4.78, 5) is 2.64. The number of benzene rings is 9. The molecule has 12 aromatic rings. The lowest BCUT2D eigenvalue weighted by atomic mass is 9.44. The molecule has 0 N–H and O–H groups in total. The molecule has 9 aromatic carbocycles. The number of furan rings is 2. The summed E-state index contributed by atoms with van der Waals surface area (Å²) < 4.78 is 17.5. The van der Waals surface area contributed by atoms with Crippen molar-refractivity contribution in [1.82, 2.24) is 4.57 Å². The smallest absolute Gasteiger partial charge is 0.333 e. The van der Waals surface area contributed by atoms with Crippen LogP contribution in [-0.2, 0) is 21.7 Å². The summed E-state index contributed by atoms with van der Waals surface area (Å²) in [6.07, 6.45) is 4.61. The van der Waals surface area contributed by atoms with E-state index in [-0.39, 0.29) is 28.5 Å². The monoisotopic (exact) mass is 944 g/mol. The average molecular weight is 945 g/mol. The fourth-order valence-corrected chi connectivity index (χ4v) is 14.6. The first-order chi connectivity index (χ1) is 35.2. The first-order valence-electron chi connectivity index (χ1n) is 26.7. The number of aromatic nitrogens is 1. The number of hydrogen-bond donors (Lipinski definition) is 0. The number of fused-ring (bicyclic) bond motifs is 18. The van der Waals surface area contributed by atoms with Crippen molar-refractivity contribution in [2.45, 2.75) is 103 Å². The molecule has 0 amide bonds. The molecule has 0 bridgehead atoms. The summed E-state index contributed by atoms with van der Waals surface area (Å²) in [6, 6.07) is 57.9. The van der Waals surface area contributed by atoms with Crippen molar-refractivity contribution in [1.29, 1.82) is 0 Å². The van der Waals surface area contributed by atoms with Gasteiger partial charge in [-0.2, -0.15) is 0 Å². The van der Waals surface area contributed by atoms with Crippen molar-refractivity contribution < 1.29 is 8.83 Å². The maximum atomic E-state index is 7.51. The van der Waals surface area contributed by atoms with E-state index < -0.39 is 0 Å². The summed E-state index contributed by atoms with van der Waals surface area (Å²) in [5.41, 5.74) is 22.8. The lowest BCUT2D eigenvalue weighted by molar-refractivity contribution is 0.332. The van der Waals surface area contributed by atoms with E-state index in [1.807, 2.05) is 0 Å². The van der Waals surface area contributed by atoms with Crippen molar-refractivity contribution in [3.8, 4) is 27.9 Å². The molecule has 0 unspecified atom stereocenters. The van der Waals surface area contributed by atoms with E-state index in [0.717, 1.165) is 75.7 Å². The van der Waals surface area contributed by atoms with Crippen LogP contribution in [0, 0.1) is 0 Å². The van der Waals surface area contributed by atoms with E-state index in [1.54, 1.807) is 0 Å². The Hall–Kier alpha value is -7.50. The van der Waals surface area contributed by atoms with E-state index in [4.69, 9.17) is 8.83 Å². The van der Waals surface area contributed by atoms with Gasteiger partial charge in [-0.15, -0.1) is 0 Å². The fraction of sp³-hybridized carbons (Fsp3) is 0.235. The molecule has 4 aliphatic rings. The molecule has 0 spiro atoms. The fourth-order valence-electron chi connectivity index (χ4n) is 14.6. The Labute approximate surface area is 426 Å². The highest BCUT2D eigenvalue weighted by molar-refractivity contribution is 6.94. The van der Waals surface area contributed by atoms with Crippen molar-refractivity contribution >= 4 is 106 Å². The molecule has 0 radical (unpaired) electrons. The Morgan fingerprint density at radius 3 is 1.67 bits per heavy atom. The van der Waals surface area contributed by atoms with Crippen LogP contribution in [0.4, 0.5) is 11.4 Å². The van der Waals surface area contributed by atoms with Crippen LogP contribution in [0.1, 0.15) is 103 Å². The van der Waals surface area contributed by atoms with E-state index in [9.17, 15) is 0 Å². The van der Waals surface area contributed by atoms with Crippen LogP contribution in [0.15, 0.2) is 160 Å². The number of hydrogen-bond acceptors (Lipinski definition) is 3. The van der Waals surface area contributed by atoms with E-state index in [0.29, 0.717) is 0 Å². The van der Waals surface area contributed by atoms with Gasteiger partial charge in [0, 0.05) is 54.6 Å². The maximum Gasteiger partial charge on any atom is 0.333 e. The highest BCUT2D eigenvalue weighted by Gasteiger charge is 2.47. The molecule has 16 rings (SSSR count). The Balaban J connectivity index is 1.07. The third-order valence-corrected chi connectivity index (χ3v) is 18.9. The van der Waals surface area contributed by atoms with Gasteiger partial charge in [-0.3, -0.25) is 0 Å². The molecule has 0 saturated carbocycles. The number of para-hydroxylation sites is 2. The Kier molecular flexibility index (Phi) is 7.93. The summed E-state index contributed by atoms with van der Waals surface area (Å²) in [5.74, 6) is 0. The van der Waals surface area contributed by atoms with Gasteiger partial charge in [0.1, 0.15) is 16.7 Å². The number of rotatable bonds is 2. The van der Waals surface area contributed by atoms with Gasteiger partial charge in [0.2, 0.25) is 0 Å². The summed E-state index contributed by atoms with van der Waals surface area (Å²) in [6.45, 7) is 19.1. The zero-order chi connectivity index (χ0) is 49.2. The molecule has 5 heterocycles. The van der Waals surface area contributed by atoms with E-state index in [1.165, 1.54) is 98.9 Å². The van der Waals surface area contributed by atoms with Gasteiger partial charge in [-0.25, -0.2) is 0 Å². The topological polar surface area (TPSA) is 34.5 Å². The maximum absolute atomic E-state index is 7.51. The zero-order valence-electron chi connectivity index (χ0n) is 43.1. The molecule has 0 fully saturated rings. The largest absolute Gasteiger partial charge is 0.455 e. The van der Waals surface area contributed by atoms with E-state index >= 15 is 0 Å². The molecule has 3 aromatic heterocycles. The second-order valence-corrected chi connectivity index (χ2v) is 24.9. The molecule has 2 aliphatic heterocycles. The molecule has 5 heteroatoms. The second-order valence-electron chi connectivity index (χ2n) is 24.9. The number of nitrogens with zero attached hydrogens (tertiary/aromatic N) is 2. The highest BCUT2D eigenvalue weighted by Crippen LogP contribution is 2.55. The normalized spacial score (nSPS) is 17.8. The van der Waals surface area contributed by atoms with Crippen LogP contribution in [0.25, 0.3) is 104 Å². The van der Waals surface area contributed by atoms with Gasteiger partial charge in [0.15, 0.2) is 5.58 Å². The summed E-state index contributed by atoms with van der Waals surface area (Å²) >= 11 is 0. The molecule has 0 atom stereocenters. The van der Waals surface area contributed by atoms with Crippen LogP contribution in [-0.4, -0.2) is 11.4 Å². The van der Waals surface area contributed by atoms with Crippen molar-refractivity contribution in [2.24, 2.45) is 0 Å². The molecule has 0 saturated heterocycles. The lowest BCUT2D eigenvalue weighted by Gasteiger charge is -2.42. The van der Waals surface area contributed by atoms with Gasteiger partial charge in [-0.1, -0.05) is 152 Å². The second kappa shape index (κ2) is 13.8. The third-order valence-electron chi connectivity index (χ3n) is 18.9.